The van der Waals surface area contributed by atoms with E-state index < -0.39 is 0 Å². The molecule has 1 heterocycles. The molecule has 0 amide bonds. The SMILES string of the molecule is Clc1ccc(COCc2ccc(Cl)cc2Cl)c(Cl)c1.OCc1cc(-c2ncccn2)c(Cl)cc1Cl. The minimum absolute atomic E-state index is 0.143. The summed E-state index contributed by atoms with van der Waals surface area (Å²) in [6, 6.07) is 15.6. The first-order valence-electron chi connectivity index (χ1n) is 10.1. The zero-order valence-electron chi connectivity index (χ0n) is 18.0. The molecule has 4 rings (SSSR count). The van der Waals surface area contributed by atoms with Crippen LogP contribution in [0.4, 0.5) is 0 Å². The second-order valence-electron chi connectivity index (χ2n) is 7.12. The number of nitrogens with zero attached hydrogens (tertiary/aromatic N) is 2. The molecule has 0 spiro atoms. The van der Waals surface area contributed by atoms with Crippen molar-refractivity contribution in [3.05, 3.63) is 114 Å². The number of halogens is 6. The molecule has 0 bridgehead atoms. The topological polar surface area (TPSA) is 55.2 Å². The Balaban J connectivity index is 0.000000198. The fourth-order valence-corrected chi connectivity index (χ4v) is 4.33. The molecular weight excluding hydrogens is 573 g/mol. The second kappa shape index (κ2) is 13.6. The third kappa shape index (κ3) is 8.21. The van der Waals surface area contributed by atoms with Crippen LogP contribution in [0.5, 0.6) is 0 Å². The Morgan fingerprint density at radius 3 is 1.63 bits per heavy atom. The Hall–Kier alpha value is -1.60. The predicted octanol–water partition coefficient (Wildman–Crippen LogP) is 8.96. The van der Waals surface area contributed by atoms with Gasteiger partial charge in [-0.25, -0.2) is 9.97 Å². The lowest BCUT2D eigenvalue weighted by Crippen LogP contribution is -1.95. The van der Waals surface area contributed by atoms with Gasteiger partial charge in [-0.3, -0.25) is 0 Å². The normalized spacial score (nSPS) is 10.6. The van der Waals surface area contributed by atoms with E-state index in [1.54, 1.807) is 54.9 Å². The smallest absolute Gasteiger partial charge is 0.160 e. The molecule has 0 aliphatic heterocycles. The summed E-state index contributed by atoms with van der Waals surface area (Å²) in [5, 5.41) is 12.4. The molecular formula is C25H18Cl6N2O2. The maximum atomic E-state index is 9.11. The summed E-state index contributed by atoms with van der Waals surface area (Å²) >= 11 is 35.7. The molecule has 0 atom stereocenters. The molecule has 4 aromatic rings. The lowest BCUT2D eigenvalue weighted by Gasteiger charge is -2.08. The monoisotopic (exact) mass is 588 g/mol. The van der Waals surface area contributed by atoms with Crippen molar-refractivity contribution in [2.24, 2.45) is 0 Å². The highest BCUT2D eigenvalue weighted by atomic mass is 35.5. The number of hydrogen-bond donors (Lipinski definition) is 1. The van der Waals surface area contributed by atoms with Gasteiger partial charge in [0.2, 0.25) is 0 Å². The van der Waals surface area contributed by atoms with Crippen LogP contribution in [0.3, 0.4) is 0 Å². The largest absolute Gasteiger partial charge is 0.392 e. The first-order valence-corrected chi connectivity index (χ1v) is 12.4. The zero-order chi connectivity index (χ0) is 25.4. The molecule has 0 aliphatic rings. The first kappa shape index (κ1) is 28.0. The van der Waals surface area contributed by atoms with Gasteiger partial charge in [-0.05, 0) is 59.2 Å². The van der Waals surface area contributed by atoms with E-state index in [4.69, 9.17) is 79.4 Å². The Kier molecular flexibility index (Phi) is 10.9. The van der Waals surface area contributed by atoms with E-state index >= 15 is 0 Å². The predicted molar refractivity (Wildman–Crippen MR) is 145 cm³/mol. The molecule has 0 aliphatic carbocycles. The van der Waals surface area contributed by atoms with Crippen molar-refractivity contribution >= 4 is 69.6 Å². The fraction of sp³-hybridized carbons (Fsp3) is 0.120. The van der Waals surface area contributed by atoms with E-state index in [1.807, 2.05) is 12.1 Å². The number of aliphatic hydroxyl groups is 1. The van der Waals surface area contributed by atoms with E-state index in [1.165, 1.54) is 0 Å². The average molecular weight is 591 g/mol. The molecule has 0 radical (unpaired) electrons. The summed E-state index contributed by atoms with van der Waals surface area (Å²) in [4.78, 5) is 8.19. The summed E-state index contributed by atoms with van der Waals surface area (Å²) < 4.78 is 5.59. The second-order valence-corrected chi connectivity index (χ2v) is 9.62. The molecule has 35 heavy (non-hydrogen) atoms. The summed E-state index contributed by atoms with van der Waals surface area (Å²) in [5.74, 6) is 0.513. The number of aromatic nitrogens is 2. The van der Waals surface area contributed by atoms with Crippen molar-refractivity contribution in [2.45, 2.75) is 19.8 Å². The van der Waals surface area contributed by atoms with Crippen LogP contribution in [0.2, 0.25) is 30.1 Å². The molecule has 0 saturated carbocycles. The Bertz CT molecular complexity index is 1240. The number of aliphatic hydroxyl groups excluding tert-OH is 1. The van der Waals surface area contributed by atoms with Crippen molar-refractivity contribution in [1.82, 2.24) is 9.97 Å². The zero-order valence-corrected chi connectivity index (χ0v) is 22.5. The molecule has 182 valence electrons. The van der Waals surface area contributed by atoms with Gasteiger partial charge in [0.15, 0.2) is 5.82 Å². The highest BCUT2D eigenvalue weighted by molar-refractivity contribution is 6.37. The highest BCUT2D eigenvalue weighted by Crippen LogP contribution is 2.31. The summed E-state index contributed by atoms with van der Waals surface area (Å²) in [6.07, 6.45) is 3.26. The lowest BCUT2D eigenvalue weighted by molar-refractivity contribution is 0.107. The third-order valence-electron chi connectivity index (χ3n) is 4.66. The van der Waals surface area contributed by atoms with Gasteiger partial charge >= 0.3 is 0 Å². The van der Waals surface area contributed by atoms with Crippen LogP contribution < -0.4 is 0 Å². The van der Waals surface area contributed by atoms with Gasteiger partial charge in [-0.1, -0.05) is 81.7 Å². The van der Waals surface area contributed by atoms with E-state index in [2.05, 4.69) is 9.97 Å². The van der Waals surface area contributed by atoms with Crippen LogP contribution in [-0.2, 0) is 24.6 Å². The van der Waals surface area contributed by atoms with E-state index in [9.17, 15) is 0 Å². The average Bonchev–Trinajstić information content (AvgIpc) is 2.83. The first-order chi connectivity index (χ1) is 16.8. The van der Waals surface area contributed by atoms with Crippen LogP contribution >= 0.6 is 69.6 Å². The van der Waals surface area contributed by atoms with Gasteiger partial charge in [0.05, 0.1) is 24.8 Å². The highest BCUT2D eigenvalue weighted by Gasteiger charge is 2.10. The van der Waals surface area contributed by atoms with Crippen LogP contribution in [-0.4, -0.2) is 15.1 Å². The van der Waals surface area contributed by atoms with E-state index in [-0.39, 0.29) is 6.61 Å². The molecule has 1 aromatic heterocycles. The van der Waals surface area contributed by atoms with Crippen molar-refractivity contribution in [1.29, 1.82) is 0 Å². The summed E-state index contributed by atoms with van der Waals surface area (Å²) in [6.45, 7) is 0.653. The van der Waals surface area contributed by atoms with E-state index in [0.29, 0.717) is 60.3 Å². The van der Waals surface area contributed by atoms with Crippen LogP contribution in [0, 0.1) is 0 Å². The molecule has 0 saturated heterocycles. The quantitative estimate of drug-likeness (QED) is 0.243. The van der Waals surface area contributed by atoms with Crippen molar-refractivity contribution in [3.63, 3.8) is 0 Å². The van der Waals surface area contributed by atoms with Gasteiger partial charge < -0.3 is 9.84 Å². The standard InChI is InChI=1S/C14H10Cl4O.C11H8Cl2N2O/c15-11-3-1-9(13(17)5-11)7-19-8-10-2-4-12(16)6-14(10)18;12-9-5-10(13)8(4-7(9)6-16)11-14-2-1-3-15-11/h1-6H,7-8H2;1-5,16H,6H2. The molecule has 1 N–H and O–H groups in total. The number of rotatable bonds is 6. The molecule has 0 unspecified atom stereocenters. The van der Waals surface area contributed by atoms with Gasteiger partial charge in [-0.2, -0.15) is 0 Å². The number of hydrogen-bond acceptors (Lipinski definition) is 4. The summed E-state index contributed by atoms with van der Waals surface area (Å²) in [5.41, 5.74) is 3.04. The molecule has 3 aromatic carbocycles. The molecule has 0 fully saturated rings. The summed E-state index contributed by atoms with van der Waals surface area (Å²) in [7, 11) is 0. The Labute approximate surface area is 233 Å². The van der Waals surface area contributed by atoms with Crippen LogP contribution in [0.1, 0.15) is 16.7 Å². The molecule has 4 nitrogen and oxygen atoms in total. The van der Waals surface area contributed by atoms with Crippen LogP contribution in [0.15, 0.2) is 67.0 Å². The lowest BCUT2D eigenvalue weighted by atomic mass is 10.1. The third-order valence-corrected chi connectivity index (χ3v) is 6.50. The Morgan fingerprint density at radius 2 is 1.14 bits per heavy atom. The minimum Gasteiger partial charge on any atom is -0.392 e. The molecule has 10 heteroatoms. The van der Waals surface area contributed by atoms with Crippen molar-refractivity contribution < 1.29 is 9.84 Å². The Morgan fingerprint density at radius 1 is 0.629 bits per heavy atom. The maximum absolute atomic E-state index is 9.11. The minimum atomic E-state index is -0.143. The van der Waals surface area contributed by atoms with Gasteiger partial charge in [0.1, 0.15) is 0 Å². The van der Waals surface area contributed by atoms with Gasteiger partial charge in [0, 0.05) is 43.1 Å². The van der Waals surface area contributed by atoms with Crippen molar-refractivity contribution in [3.8, 4) is 11.4 Å². The number of ether oxygens (including phenoxy) is 1. The van der Waals surface area contributed by atoms with E-state index in [0.717, 1.165) is 11.1 Å². The fourth-order valence-electron chi connectivity index (χ4n) is 2.87. The van der Waals surface area contributed by atoms with Crippen molar-refractivity contribution in [2.75, 3.05) is 0 Å². The van der Waals surface area contributed by atoms with Crippen LogP contribution in [0.25, 0.3) is 11.4 Å². The van der Waals surface area contributed by atoms with Gasteiger partial charge in [0.25, 0.3) is 0 Å². The van der Waals surface area contributed by atoms with Gasteiger partial charge in [-0.15, -0.1) is 0 Å². The number of benzene rings is 3. The maximum Gasteiger partial charge on any atom is 0.160 e.